The highest BCUT2D eigenvalue weighted by atomic mass is 19.4. The van der Waals surface area contributed by atoms with Crippen LogP contribution in [0.3, 0.4) is 0 Å². The van der Waals surface area contributed by atoms with E-state index in [0.29, 0.717) is 48.2 Å². The molecule has 2 aromatic carbocycles. The van der Waals surface area contributed by atoms with Gasteiger partial charge in [-0.1, -0.05) is 13.5 Å². The van der Waals surface area contributed by atoms with Crippen LogP contribution >= 0.6 is 0 Å². The smallest absolute Gasteiger partial charge is 0.422 e. The van der Waals surface area contributed by atoms with Crippen LogP contribution in [0.1, 0.15) is 81.4 Å². The van der Waals surface area contributed by atoms with Gasteiger partial charge in [-0.3, -0.25) is 14.8 Å². The van der Waals surface area contributed by atoms with Gasteiger partial charge in [-0.25, -0.2) is 4.98 Å². The minimum Gasteiger partial charge on any atom is -0.481 e. The number of amides is 1. The van der Waals surface area contributed by atoms with Gasteiger partial charge in [0, 0.05) is 79.1 Å². The number of halogens is 3. The number of aryl methyl sites for hydroxylation is 1. The summed E-state index contributed by atoms with van der Waals surface area (Å²) in [6, 6.07) is 5.64. The standard InChI is InChI=1S/C42H51F3N8O2/c1-6-28-11-8-25(4)53(28)29-19-51(20-29)40-47-37-31(39(48-40)50-14-12-41(13-15-50)21-52(22-41)34(54)7-2)17-30(27-9-10-27)36(38(37)55-23-42(43,44)45)35-26(5)24(3)16-33-32(35)18-46-49-33/h7,16-18,25,27-29H,2,6,8-15,19-23H2,1,3-5H3,(H,46,49). The van der Waals surface area contributed by atoms with E-state index in [1.54, 1.807) is 6.20 Å². The van der Waals surface area contributed by atoms with Crippen molar-refractivity contribution < 1.29 is 22.7 Å². The lowest BCUT2D eigenvalue weighted by Gasteiger charge is -2.54. The first-order chi connectivity index (χ1) is 26.4. The second kappa shape index (κ2) is 13.4. The number of rotatable bonds is 9. The molecule has 5 aliphatic rings. The Kier molecular flexibility index (Phi) is 8.82. The predicted octanol–water partition coefficient (Wildman–Crippen LogP) is 7.67. The first-order valence-electron chi connectivity index (χ1n) is 20.1. The van der Waals surface area contributed by atoms with Crippen molar-refractivity contribution in [1.82, 2.24) is 30.0 Å². The molecule has 55 heavy (non-hydrogen) atoms. The molecule has 2 aromatic heterocycles. The number of carbonyl (C=O) groups is 1. The van der Waals surface area contributed by atoms with E-state index >= 15 is 0 Å². The molecular formula is C42H51F3N8O2. The number of H-pyrrole nitrogens is 1. The van der Waals surface area contributed by atoms with Crippen molar-refractivity contribution in [2.45, 2.75) is 103 Å². The van der Waals surface area contributed by atoms with Gasteiger partial charge in [0.25, 0.3) is 0 Å². The number of benzene rings is 2. The Bertz CT molecular complexity index is 2160. The van der Waals surface area contributed by atoms with E-state index in [1.165, 1.54) is 18.9 Å². The molecule has 0 radical (unpaired) electrons. The number of anilines is 2. The minimum absolute atomic E-state index is 0.0349. The van der Waals surface area contributed by atoms with Gasteiger partial charge in [0.15, 0.2) is 12.4 Å². The molecule has 0 bridgehead atoms. The summed E-state index contributed by atoms with van der Waals surface area (Å²) in [4.78, 5) is 31.8. The summed E-state index contributed by atoms with van der Waals surface area (Å²) in [7, 11) is 0. The molecule has 292 valence electrons. The maximum Gasteiger partial charge on any atom is 0.422 e. The van der Waals surface area contributed by atoms with E-state index in [2.05, 4.69) is 51.4 Å². The molecular weight excluding hydrogens is 706 g/mol. The van der Waals surface area contributed by atoms with E-state index in [1.807, 2.05) is 24.8 Å². The van der Waals surface area contributed by atoms with E-state index in [-0.39, 0.29) is 23.0 Å². The van der Waals surface area contributed by atoms with Crippen LogP contribution in [0.15, 0.2) is 31.0 Å². The highest BCUT2D eigenvalue weighted by Gasteiger charge is 2.47. The molecule has 1 aliphatic carbocycles. The fourth-order valence-electron chi connectivity index (χ4n) is 10.1. The minimum atomic E-state index is -4.55. The molecule has 4 aliphatic heterocycles. The van der Waals surface area contributed by atoms with Crippen molar-refractivity contribution in [3.63, 3.8) is 0 Å². The van der Waals surface area contributed by atoms with Gasteiger partial charge >= 0.3 is 6.18 Å². The van der Waals surface area contributed by atoms with Crippen molar-refractivity contribution in [3.05, 3.63) is 47.7 Å². The summed E-state index contributed by atoms with van der Waals surface area (Å²) >= 11 is 0. The molecule has 1 N–H and O–H groups in total. The van der Waals surface area contributed by atoms with Gasteiger partial charge < -0.3 is 19.4 Å². The van der Waals surface area contributed by atoms with E-state index in [0.717, 1.165) is 103 Å². The zero-order chi connectivity index (χ0) is 38.4. The number of nitrogens with zero attached hydrogens (tertiary/aromatic N) is 7. The second-order valence-electron chi connectivity index (χ2n) is 17.0. The van der Waals surface area contributed by atoms with Crippen molar-refractivity contribution in [2.24, 2.45) is 5.41 Å². The fourth-order valence-corrected chi connectivity index (χ4v) is 10.1. The molecule has 9 rings (SSSR count). The number of alkyl halides is 3. The third kappa shape index (κ3) is 6.30. The number of piperidine rings is 1. The maximum absolute atomic E-state index is 14.2. The van der Waals surface area contributed by atoms with Gasteiger partial charge in [0.05, 0.1) is 11.7 Å². The summed E-state index contributed by atoms with van der Waals surface area (Å²) in [6.45, 7) is 15.3. The normalized spacial score (nSPS) is 23.1. The summed E-state index contributed by atoms with van der Waals surface area (Å²) < 4.78 is 48.7. The molecule has 1 spiro atoms. The van der Waals surface area contributed by atoms with Gasteiger partial charge in [0.1, 0.15) is 11.3 Å². The average molecular weight is 757 g/mol. The Morgan fingerprint density at radius 3 is 2.45 bits per heavy atom. The number of carbonyl (C=O) groups excluding carboxylic acids is 1. The van der Waals surface area contributed by atoms with E-state index in [9.17, 15) is 18.0 Å². The SMILES string of the molecule is C=CC(=O)N1CC2(CCN(c3nc(N4CC(N5C(C)CCC5CC)C4)nc4c(OCC(F)(F)F)c(-c5c(C)c(C)cc6[nH]ncc56)c(C5CC5)cc34)CC2)C1. The lowest BCUT2D eigenvalue weighted by Crippen LogP contribution is -2.62. The van der Waals surface area contributed by atoms with Crippen LogP contribution < -0.4 is 14.5 Å². The molecule has 13 heteroatoms. The largest absolute Gasteiger partial charge is 0.481 e. The molecule has 2 unspecified atom stereocenters. The highest BCUT2D eigenvalue weighted by Crippen LogP contribution is 2.54. The number of likely N-dealkylation sites (tertiary alicyclic amines) is 2. The van der Waals surface area contributed by atoms with Crippen LogP contribution in [-0.2, 0) is 4.79 Å². The quantitative estimate of drug-likeness (QED) is 0.174. The summed E-state index contributed by atoms with van der Waals surface area (Å²) in [5.74, 6) is 1.59. The van der Waals surface area contributed by atoms with Crippen LogP contribution in [-0.4, -0.2) is 106 Å². The van der Waals surface area contributed by atoms with Crippen molar-refractivity contribution in [2.75, 3.05) is 55.7 Å². The number of aromatic amines is 1. The van der Waals surface area contributed by atoms with E-state index in [4.69, 9.17) is 14.7 Å². The highest BCUT2D eigenvalue weighted by molar-refractivity contribution is 6.06. The summed E-state index contributed by atoms with van der Waals surface area (Å²) in [6.07, 6.45) is 5.76. The van der Waals surface area contributed by atoms with Crippen molar-refractivity contribution in [1.29, 1.82) is 0 Å². The summed E-state index contributed by atoms with van der Waals surface area (Å²) in [5.41, 5.74) is 5.78. The van der Waals surface area contributed by atoms with Gasteiger partial charge in [-0.15, -0.1) is 0 Å². The Morgan fingerprint density at radius 2 is 1.78 bits per heavy atom. The zero-order valence-corrected chi connectivity index (χ0v) is 32.3. The Balaban J connectivity index is 1.19. The zero-order valence-electron chi connectivity index (χ0n) is 32.3. The number of aromatic nitrogens is 4. The Labute approximate surface area is 320 Å². The van der Waals surface area contributed by atoms with Gasteiger partial charge in [0.2, 0.25) is 11.9 Å². The number of nitrogens with one attached hydrogen (secondary N) is 1. The molecule has 2 atom stereocenters. The Hall–Kier alpha value is -4.39. The van der Waals surface area contributed by atoms with Crippen molar-refractivity contribution >= 4 is 39.5 Å². The third-order valence-electron chi connectivity index (χ3n) is 13.4. The first-order valence-corrected chi connectivity index (χ1v) is 20.1. The summed E-state index contributed by atoms with van der Waals surface area (Å²) in [5, 5.41) is 9.02. The lowest BCUT2D eigenvalue weighted by molar-refractivity contribution is -0.153. The number of fused-ring (bicyclic) bond motifs is 2. The van der Waals surface area contributed by atoms with E-state index < -0.39 is 12.8 Å². The lowest BCUT2D eigenvalue weighted by atomic mass is 9.72. The second-order valence-corrected chi connectivity index (χ2v) is 17.0. The average Bonchev–Trinajstić information content (AvgIpc) is 3.77. The molecule has 4 aromatic rings. The maximum atomic E-state index is 14.2. The molecule has 1 amide bonds. The van der Waals surface area contributed by atoms with Crippen LogP contribution in [0.25, 0.3) is 32.9 Å². The van der Waals surface area contributed by atoms with Crippen LogP contribution in [0, 0.1) is 19.3 Å². The number of ether oxygens (including phenoxy) is 1. The third-order valence-corrected chi connectivity index (χ3v) is 13.4. The van der Waals surface area contributed by atoms with Gasteiger partial charge in [-0.05, 0) is 112 Å². The number of hydrogen-bond acceptors (Lipinski definition) is 8. The monoisotopic (exact) mass is 756 g/mol. The fraction of sp³-hybridized carbons (Fsp3) is 0.571. The van der Waals surface area contributed by atoms with Crippen LogP contribution in [0.4, 0.5) is 24.9 Å². The molecule has 6 heterocycles. The molecule has 4 saturated heterocycles. The number of hydrogen-bond donors (Lipinski definition) is 1. The topological polar surface area (TPSA) is 93.7 Å². The van der Waals surface area contributed by atoms with Crippen molar-refractivity contribution in [3.8, 4) is 16.9 Å². The Morgan fingerprint density at radius 1 is 1.04 bits per heavy atom. The van der Waals surface area contributed by atoms with Crippen LogP contribution in [0.2, 0.25) is 0 Å². The van der Waals surface area contributed by atoms with Gasteiger partial charge in [-0.2, -0.15) is 23.3 Å². The molecule has 10 nitrogen and oxygen atoms in total. The van der Waals surface area contributed by atoms with Crippen LogP contribution in [0.5, 0.6) is 5.75 Å². The molecule has 5 fully saturated rings. The molecule has 1 saturated carbocycles. The first kappa shape index (κ1) is 36.3. The predicted molar refractivity (Wildman–Crippen MR) is 209 cm³/mol.